The van der Waals surface area contributed by atoms with Gasteiger partial charge in [0.1, 0.15) is 11.4 Å². The molecule has 98 valence electrons. The molecule has 1 aromatic heterocycles. The van der Waals surface area contributed by atoms with E-state index in [-0.39, 0.29) is 11.5 Å². The van der Waals surface area contributed by atoms with Gasteiger partial charge in [-0.3, -0.25) is 14.2 Å². The zero-order chi connectivity index (χ0) is 13.6. The normalized spacial score (nSPS) is 19.9. The number of terminal acetylenes is 1. The fourth-order valence-electron chi connectivity index (χ4n) is 3.35. The van der Waals surface area contributed by atoms with E-state index in [1.807, 2.05) is 6.92 Å². The third-order valence-electron chi connectivity index (χ3n) is 4.22. The highest BCUT2D eigenvalue weighted by Crippen LogP contribution is 2.36. The second kappa shape index (κ2) is 3.99. The standard InChI is InChI=1S/C15H16N2O2/c1-3-11-9-10(2)12-13(18)16-15(17(12)14(11)19)7-5-4-6-8-15/h1,9H,4-8H2,2H3,(H,16,18). The molecule has 0 atom stereocenters. The molecular formula is C15H16N2O2. The van der Waals surface area contributed by atoms with E-state index in [0.29, 0.717) is 11.3 Å². The number of carbonyl (C=O) groups excluding carboxylic acids is 1. The topological polar surface area (TPSA) is 51.1 Å². The monoisotopic (exact) mass is 256 g/mol. The lowest BCUT2D eigenvalue weighted by atomic mass is 9.89. The van der Waals surface area contributed by atoms with Gasteiger partial charge in [0, 0.05) is 0 Å². The first-order valence-electron chi connectivity index (χ1n) is 6.65. The molecule has 3 rings (SSSR count). The van der Waals surface area contributed by atoms with Crippen molar-refractivity contribution in [1.82, 2.24) is 9.88 Å². The van der Waals surface area contributed by atoms with E-state index >= 15 is 0 Å². The van der Waals surface area contributed by atoms with Crippen molar-refractivity contribution in [2.24, 2.45) is 0 Å². The Hall–Kier alpha value is -2.02. The van der Waals surface area contributed by atoms with Crippen molar-refractivity contribution in [3.63, 3.8) is 0 Å². The van der Waals surface area contributed by atoms with Crippen LogP contribution in [-0.2, 0) is 5.66 Å². The number of amides is 1. The Bertz CT molecular complexity index is 658. The van der Waals surface area contributed by atoms with E-state index in [2.05, 4.69) is 11.2 Å². The Balaban J connectivity index is 2.31. The zero-order valence-corrected chi connectivity index (χ0v) is 11.0. The Kier molecular flexibility index (Phi) is 2.53. The van der Waals surface area contributed by atoms with Crippen molar-refractivity contribution >= 4 is 5.91 Å². The molecule has 1 aromatic rings. The zero-order valence-electron chi connectivity index (χ0n) is 11.0. The smallest absolute Gasteiger partial charge is 0.270 e. The second-order valence-electron chi connectivity index (χ2n) is 5.42. The highest BCUT2D eigenvalue weighted by molar-refractivity contribution is 5.96. The molecule has 2 aliphatic rings. The average Bonchev–Trinajstić information content (AvgIpc) is 2.68. The van der Waals surface area contributed by atoms with E-state index in [1.54, 1.807) is 10.6 Å². The van der Waals surface area contributed by atoms with Gasteiger partial charge in [-0.2, -0.15) is 0 Å². The van der Waals surface area contributed by atoms with Crippen LogP contribution in [0.1, 0.15) is 53.7 Å². The number of carbonyl (C=O) groups is 1. The van der Waals surface area contributed by atoms with Crippen molar-refractivity contribution in [2.45, 2.75) is 44.7 Å². The van der Waals surface area contributed by atoms with Crippen LogP contribution in [0.15, 0.2) is 10.9 Å². The molecule has 0 bridgehead atoms. The van der Waals surface area contributed by atoms with Crippen LogP contribution in [0.25, 0.3) is 0 Å². The van der Waals surface area contributed by atoms with Crippen molar-refractivity contribution in [3.05, 3.63) is 33.2 Å². The number of nitrogens with zero attached hydrogens (tertiary/aromatic N) is 1. The SMILES string of the molecule is C#Cc1cc(C)c2n(c1=O)C1(CCCCC1)NC2=O. The molecule has 0 radical (unpaired) electrons. The summed E-state index contributed by atoms with van der Waals surface area (Å²) in [6.07, 6.45) is 10.2. The summed E-state index contributed by atoms with van der Waals surface area (Å²) in [7, 11) is 0. The molecule has 1 N–H and O–H groups in total. The van der Waals surface area contributed by atoms with E-state index < -0.39 is 5.66 Å². The lowest BCUT2D eigenvalue weighted by Gasteiger charge is -2.35. The summed E-state index contributed by atoms with van der Waals surface area (Å²) < 4.78 is 1.62. The molecule has 1 spiro atoms. The van der Waals surface area contributed by atoms with Gasteiger partial charge < -0.3 is 5.32 Å². The fourth-order valence-corrected chi connectivity index (χ4v) is 3.35. The maximum absolute atomic E-state index is 12.5. The second-order valence-corrected chi connectivity index (χ2v) is 5.42. The Morgan fingerprint density at radius 3 is 2.63 bits per heavy atom. The molecule has 0 unspecified atom stereocenters. The number of aromatic nitrogens is 1. The minimum atomic E-state index is -0.542. The number of aryl methyl sites for hydroxylation is 1. The summed E-state index contributed by atoms with van der Waals surface area (Å²) in [5.41, 5.74) is 0.823. The molecule has 1 fully saturated rings. The van der Waals surface area contributed by atoms with E-state index in [4.69, 9.17) is 6.42 Å². The van der Waals surface area contributed by atoms with Crippen LogP contribution in [-0.4, -0.2) is 10.5 Å². The van der Waals surface area contributed by atoms with Crippen LogP contribution in [0.4, 0.5) is 0 Å². The van der Waals surface area contributed by atoms with Crippen LogP contribution in [0.5, 0.6) is 0 Å². The molecule has 2 heterocycles. The van der Waals surface area contributed by atoms with Crippen molar-refractivity contribution in [2.75, 3.05) is 0 Å². The largest absolute Gasteiger partial charge is 0.327 e. The average molecular weight is 256 g/mol. The Morgan fingerprint density at radius 2 is 2.00 bits per heavy atom. The van der Waals surface area contributed by atoms with Crippen LogP contribution < -0.4 is 10.9 Å². The maximum atomic E-state index is 12.5. The Labute approximate surface area is 111 Å². The maximum Gasteiger partial charge on any atom is 0.270 e. The van der Waals surface area contributed by atoms with Crippen molar-refractivity contribution < 1.29 is 4.79 Å². The van der Waals surface area contributed by atoms with Crippen LogP contribution >= 0.6 is 0 Å². The number of hydrogen-bond donors (Lipinski definition) is 1. The Morgan fingerprint density at radius 1 is 1.32 bits per heavy atom. The van der Waals surface area contributed by atoms with Gasteiger partial charge in [0.2, 0.25) is 0 Å². The summed E-state index contributed by atoms with van der Waals surface area (Å²) in [6.45, 7) is 1.83. The van der Waals surface area contributed by atoms with Gasteiger partial charge in [-0.1, -0.05) is 12.3 Å². The number of fused-ring (bicyclic) bond motifs is 2. The predicted molar refractivity (Wildman–Crippen MR) is 71.9 cm³/mol. The predicted octanol–water partition coefficient (Wildman–Crippen LogP) is 1.50. The highest BCUT2D eigenvalue weighted by Gasteiger charge is 2.44. The molecule has 1 aliphatic heterocycles. The van der Waals surface area contributed by atoms with E-state index in [0.717, 1.165) is 37.7 Å². The summed E-state index contributed by atoms with van der Waals surface area (Å²) >= 11 is 0. The highest BCUT2D eigenvalue weighted by atomic mass is 16.2. The molecule has 1 aliphatic carbocycles. The van der Waals surface area contributed by atoms with Gasteiger partial charge in [-0.05, 0) is 44.2 Å². The van der Waals surface area contributed by atoms with Crippen molar-refractivity contribution in [1.29, 1.82) is 0 Å². The molecule has 19 heavy (non-hydrogen) atoms. The number of hydrogen-bond acceptors (Lipinski definition) is 2. The third-order valence-corrected chi connectivity index (χ3v) is 4.22. The van der Waals surface area contributed by atoms with E-state index in [9.17, 15) is 9.59 Å². The number of nitrogens with one attached hydrogen (secondary N) is 1. The summed E-state index contributed by atoms with van der Waals surface area (Å²) in [5, 5.41) is 3.02. The molecule has 0 aromatic carbocycles. The number of pyridine rings is 1. The first-order valence-corrected chi connectivity index (χ1v) is 6.65. The van der Waals surface area contributed by atoms with Gasteiger partial charge in [-0.25, -0.2) is 0 Å². The minimum absolute atomic E-state index is 0.153. The fraction of sp³-hybridized carbons (Fsp3) is 0.467. The van der Waals surface area contributed by atoms with Gasteiger partial charge in [0.25, 0.3) is 11.5 Å². The lowest BCUT2D eigenvalue weighted by molar-refractivity contribution is 0.0876. The van der Waals surface area contributed by atoms with Gasteiger partial charge in [-0.15, -0.1) is 6.42 Å². The summed E-state index contributed by atoms with van der Waals surface area (Å²) in [6, 6.07) is 1.63. The van der Waals surface area contributed by atoms with Gasteiger partial charge in [0.05, 0.1) is 5.56 Å². The van der Waals surface area contributed by atoms with Gasteiger partial charge >= 0.3 is 0 Å². The van der Waals surface area contributed by atoms with Crippen molar-refractivity contribution in [3.8, 4) is 12.3 Å². The molecule has 4 heteroatoms. The van der Waals surface area contributed by atoms with Crippen LogP contribution in [0.2, 0.25) is 0 Å². The lowest BCUT2D eigenvalue weighted by Crippen LogP contribution is -2.49. The quantitative estimate of drug-likeness (QED) is 0.715. The molecule has 1 saturated carbocycles. The van der Waals surface area contributed by atoms with Crippen LogP contribution in [0, 0.1) is 19.3 Å². The number of rotatable bonds is 0. The first-order chi connectivity index (χ1) is 9.09. The molecule has 4 nitrogen and oxygen atoms in total. The minimum Gasteiger partial charge on any atom is -0.327 e. The molecular weight excluding hydrogens is 240 g/mol. The molecule has 0 saturated heterocycles. The van der Waals surface area contributed by atoms with Crippen LogP contribution in [0.3, 0.4) is 0 Å². The van der Waals surface area contributed by atoms with Gasteiger partial charge in [0.15, 0.2) is 0 Å². The summed E-state index contributed by atoms with van der Waals surface area (Å²) in [4.78, 5) is 24.7. The summed E-state index contributed by atoms with van der Waals surface area (Å²) in [5.74, 6) is 2.28. The van der Waals surface area contributed by atoms with E-state index in [1.165, 1.54) is 0 Å². The molecule has 1 amide bonds. The first kappa shape index (κ1) is 12.0. The third kappa shape index (κ3) is 1.54.